The fourth-order valence-corrected chi connectivity index (χ4v) is 2.54. The van der Waals surface area contributed by atoms with Gasteiger partial charge in [0.2, 0.25) is 0 Å². The topological polar surface area (TPSA) is 35.5 Å². The Morgan fingerprint density at radius 2 is 2.28 bits per heavy atom. The molecular formula is C14H21ClN2O. The second-order valence-corrected chi connectivity index (χ2v) is 5.52. The van der Waals surface area contributed by atoms with E-state index >= 15 is 0 Å². The maximum absolute atomic E-state index is 9.38. The molecule has 0 aliphatic carbocycles. The average molecular weight is 269 g/mol. The number of benzene rings is 1. The second kappa shape index (κ2) is 5.91. The van der Waals surface area contributed by atoms with E-state index in [1.54, 1.807) is 0 Å². The molecule has 1 aliphatic rings. The Morgan fingerprint density at radius 3 is 2.94 bits per heavy atom. The Hall–Kier alpha value is -0.770. The van der Waals surface area contributed by atoms with E-state index in [-0.39, 0.29) is 12.6 Å². The predicted molar refractivity (Wildman–Crippen MR) is 76.5 cm³/mol. The first-order chi connectivity index (χ1) is 8.60. The lowest BCUT2D eigenvalue weighted by Gasteiger charge is -2.26. The van der Waals surface area contributed by atoms with Crippen molar-refractivity contribution in [3.05, 3.63) is 28.8 Å². The van der Waals surface area contributed by atoms with Crippen LogP contribution in [0.5, 0.6) is 0 Å². The molecule has 1 heterocycles. The molecule has 2 rings (SSSR count). The van der Waals surface area contributed by atoms with Gasteiger partial charge in [0, 0.05) is 35.9 Å². The number of hydrogen-bond acceptors (Lipinski definition) is 3. The number of halogens is 1. The maximum atomic E-state index is 9.38. The third kappa shape index (κ3) is 3.16. The van der Waals surface area contributed by atoms with Crippen molar-refractivity contribution in [2.75, 3.05) is 24.6 Å². The van der Waals surface area contributed by atoms with Gasteiger partial charge in [-0.2, -0.15) is 0 Å². The molecule has 1 aromatic rings. The van der Waals surface area contributed by atoms with Crippen LogP contribution in [0.25, 0.3) is 0 Å². The van der Waals surface area contributed by atoms with Crippen molar-refractivity contribution in [2.45, 2.75) is 32.4 Å². The zero-order valence-electron chi connectivity index (χ0n) is 11.0. The van der Waals surface area contributed by atoms with E-state index in [9.17, 15) is 5.11 Å². The van der Waals surface area contributed by atoms with Crippen molar-refractivity contribution in [3.8, 4) is 0 Å². The highest BCUT2D eigenvalue weighted by Crippen LogP contribution is 2.24. The molecule has 0 saturated carbocycles. The first-order valence-corrected chi connectivity index (χ1v) is 6.86. The number of anilines is 1. The molecule has 18 heavy (non-hydrogen) atoms. The number of aryl methyl sites for hydroxylation is 1. The normalized spacial score (nSPS) is 25.0. The second-order valence-electron chi connectivity index (χ2n) is 5.12. The van der Waals surface area contributed by atoms with E-state index in [4.69, 9.17) is 11.6 Å². The monoisotopic (exact) mass is 268 g/mol. The molecule has 0 amide bonds. The SMILES string of the molecule is Cc1ccc(N2CCC(C)NC(CO)C2)cc1Cl. The highest BCUT2D eigenvalue weighted by atomic mass is 35.5. The predicted octanol–water partition coefficient (Wildman–Crippen LogP) is 2.20. The van der Waals surface area contributed by atoms with Crippen LogP contribution in [0.1, 0.15) is 18.9 Å². The van der Waals surface area contributed by atoms with Gasteiger partial charge in [0.1, 0.15) is 0 Å². The van der Waals surface area contributed by atoms with Crippen molar-refractivity contribution < 1.29 is 5.11 Å². The Kier molecular flexibility index (Phi) is 4.49. The van der Waals surface area contributed by atoms with Crippen molar-refractivity contribution in [3.63, 3.8) is 0 Å². The van der Waals surface area contributed by atoms with Crippen LogP contribution in [-0.4, -0.2) is 36.9 Å². The highest BCUT2D eigenvalue weighted by Gasteiger charge is 2.21. The van der Waals surface area contributed by atoms with E-state index < -0.39 is 0 Å². The van der Waals surface area contributed by atoms with Gasteiger partial charge in [0.15, 0.2) is 0 Å². The molecule has 0 radical (unpaired) electrons. The molecule has 0 spiro atoms. The smallest absolute Gasteiger partial charge is 0.0602 e. The minimum absolute atomic E-state index is 0.127. The quantitative estimate of drug-likeness (QED) is 0.863. The van der Waals surface area contributed by atoms with E-state index in [2.05, 4.69) is 23.2 Å². The van der Waals surface area contributed by atoms with Crippen LogP contribution in [0, 0.1) is 6.92 Å². The third-order valence-corrected chi connectivity index (χ3v) is 3.94. The molecule has 1 saturated heterocycles. The summed E-state index contributed by atoms with van der Waals surface area (Å²) in [4.78, 5) is 2.29. The highest BCUT2D eigenvalue weighted by molar-refractivity contribution is 6.31. The number of rotatable bonds is 2. The fraction of sp³-hybridized carbons (Fsp3) is 0.571. The summed E-state index contributed by atoms with van der Waals surface area (Å²) in [7, 11) is 0. The van der Waals surface area contributed by atoms with Gasteiger partial charge in [-0.25, -0.2) is 0 Å². The molecule has 2 N–H and O–H groups in total. The van der Waals surface area contributed by atoms with Crippen LogP contribution in [-0.2, 0) is 0 Å². The van der Waals surface area contributed by atoms with Crippen LogP contribution in [0.3, 0.4) is 0 Å². The summed E-state index contributed by atoms with van der Waals surface area (Å²) in [5, 5.41) is 13.6. The van der Waals surface area contributed by atoms with Crippen molar-refractivity contribution in [1.82, 2.24) is 5.32 Å². The van der Waals surface area contributed by atoms with Gasteiger partial charge in [0.05, 0.1) is 6.61 Å². The Labute approximate surface area is 114 Å². The number of aliphatic hydroxyl groups is 1. The van der Waals surface area contributed by atoms with Crippen LogP contribution in [0.2, 0.25) is 5.02 Å². The molecule has 1 aromatic carbocycles. The Bertz CT molecular complexity index is 411. The fourth-order valence-electron chi connectivity index (χ4n) is 2.37. The number of aliphatic hydroxyl groups excluding tert-OH is 1. The summed E-state index contributed by atoms with van der Waals surface area (Å²) < 4.78 is 0. The first kappa shape index (κ1) is 13.7. The molecule has 0 aromatic heterocycles. The summed E-state index contributed by atoms with van der Waals surface area (Å²) >= 11 is 6.18. The van der Waals surface area contributed by atoms with Gasteiger partial charge in [-0.15, -0.1) is 0 Å². The molecule has 3 nitrogen and oxygen atoms in total. The van der Waals surface area contributed by atoms with Crippen LogP contribution in [0.4, 0.5) is 5.69 Å². The number of nitrogens with zero attached hydrogens (tertiary/aromatic N) is 1. The summed E-state index contributed by atoms with van der Waals surface area (Å²) in [6.07, 6.45) is 1.07. The van der Waals surface area contributed by atoms with Gasteiger partial charge in [-0.05, 0) is 38.0 Å². The van der Waals surface area contributed by atoms with Crippen molar-refractivity contribution >= 4 is 17.3 Å². The molecule has 0 bridgehead atoms. The number of nitrogens with one attached hydrogen (secondary N) is 1. The van der Waals surface area contributed by atoms with Crippen molar-refractivity contribution in [2.24, 2.45) is 0 Å². The molecule has 1 fully saturated rings. The lowest BCUT2D eigenvalue weighted by Crippen LogP contribution is -2.42. The van der Waals surface area contributed by atoms with E-state index in [1.165, 1.54) is 0 Å². The summed E-state index contributed by atoms with van der Waals surface area (Å²) in [5.74, 6) is 0. The lowest BCUT2D eigenvalue weighted by atomic mass is 10.2. The van der Waals surface area contributed by atoms with E-state index in [0.717, 1.165) is 35.8 Å². The Morgan fingerprint density at radius 1 is 1.50 bits per heavy atom. The minimum atomic E-state index is 0.127. The van der Waals surface area contributed by atoms with Crippen LogP contribution >= 0.6 is 11.6 Å². The molecule has 2 unspecified atom stereocenters. The van der Waals surface area contributed by atoms with Gasteiger partial charge >= 0.3 is 0 Å². The standard InChI is InChI=1S/C14H21ClN2O/c1-10-3-4-13(7-14(10)15)17-6-5-11(2)16-12(8-17)9-18/h3-4,7,11-12,16,18H,5-6,8-9H2,1-2H3. The average Bonchev–Trinajstić information content (AvgIpc) is 2.54. The summed E-state index contributed by atoms with van der Waals surface area (Å²) in [6, 6.07) is 6.73. The zero-order valence-corrected chi connectivity index (χ0v) is 11.7. The summed E-state index contributed by atoms with van der Waals surface area (Å²) in [6.45, 7) is 6.15. The van der Waals surface area contributed by atoms with E-state index in [1.807, 2.05) is 19.1 Å². The van der Waals surface area contributed by atoms with Crippen LogP contribution in [0.15, 0.2) is 18.2 Å². The minimum Gasteiger partial charge on any atom is -0.395 e. The van der Waals surface area contributed by atoms with Gasteiger partial charge in [0.25, 0.3) is 0 Å². The third-order valence-electron chi connectivity index (χ3n) is 3.53. The van der Waals surface area contributed by atoms with E-state index in [0.29, 0.717) is 6.04 Å². The van der Waals surface area contributed by atoms with Gasteiger partial charge in [-0.3, -0.25) is 0 Å². The van der Waals surface area contributed by atoms with Gasteiger partial charge < -0.3 is 15.3 Å². The van der Waals surface area contributed by atoms with Crippen molar-refractivity contribution in [1.29, 1.82) is 0 Å². The Balaban J connectivity index is 2.17. The number of hydrogen-bond donors (Lipinski definition) is 2. The molecule has 100 valence electrons. The lowest BCUT2D eigenvalue weighted by molar-refractivity contribution is 0.240. The molecule has 1 aliphatic heterocycles. The molecule has 4 heteroatoms. The maximum Gasteiger partial charge on any atom is 0.0602 e. The largest absolute Gasteiger partial charge is 0.395 e. The van der Waals surface area contributed by atoms with Gasteiger partial charge in [-0.1, -0.05) is 17.7 Å². The summed E-state index contributed by atoms with van der Waals surface area (Å²) in [5.41, 5.74) is 2.24. The first-order valence-electron chi connectivity index (χ1n) is 6.48. The molecule has 2 atom stereocenters. The molecular weight excluding hydrogens is 248 g/mol. The zero-order chi connectivity index (χ0) is 13.1. The van der Waals surface area contributed by atoms with Crippen LogP contribution < -0.4 is 10.2 Å².